The fraction of sp³-hybridized carbons (Fsp3) is 0.700. The molecule has 0 bridgehead atoms. The number of hydrogen-bond acceptors (Lipinski definition) is 4. The fourth-order valence-corrected chi connectivity index (χ4v) is 1.66. The third-order valence-corrected chi connectivity index (χ3v) is 2.56. The van der Waals surface area contributed by atoms with Crippen molar-refractivity contribution in [3.63, 3.8) is 0 Å². The predicted octanol–water partition coefficient (Wildman–Crippen LogP) is -0.169. The lowest BCUT2D eigenvalue weighted by atomic mass is 10.4. The quantitative estimate of drug-likeness (QED) is 0.663. The van der Waals surface area contributed by atoms with Crippen molar-refractivity contribution in [2.45, 2.75) is 6.54 Å². The first-order chi connectivity index (χ1) is 7.45. The Balaban J connectivity index is 1.54. The first kappa shape index (κ1) is 10.6. The number of nitrogens with one attached hydrogen (secondary N) is 2. The number of hydrogen-bond donors (Lipinski definition) is 2. The molecule has 0 radical (unpaired) electrons. The molecule has 0 saturated carbocycles. The van der Waals surface area contributed by atoms with Crippen molar-refractivity contribution in [1.29, 1.82) is 0 Å². The van der Waals surface area contributed by atoms with Gasteiger partial charge in [0.15, 0.2) is 0 Å². The number of imidazole rings is 1. The molecule has 2 rings (SSSR count). The lowest BCUT2D eigenvalue weighted by molar-refractivity contribution is 0.0384. The van der Waals surface area contributed by atoms with E-state index < -0.39 is 0 Å². The fourth-order valence-electron chi connectivity index (χ4n) is 1.66. The van der Waals surface area contributed by atoms with E-state index in [1.807, 2.05) is 6.20 Å². The van der Waals surface area contributed by atoms with Crippen LogP contribution in [0.2, 0.25) is 0 Å². The lowest BCUT2D eigenvalue weighted by Gasteiger charge is -2.26. The van der Waals surface area contributed by atoms with Crippen molar-refractivity contribution in [3.05, 3.63) is 18.2 Å². The summed E-state index contributed by atoms with van der Waals surface area (Å²) in [4.78, 5) is 9.63. The smallest absolute Gasteiger partial charge is 0.120 e. The van der Waals surface area contributed by atoms with Crippen LogP contribution in [0.5, 0.6) is 0 Å². The topological polar surface area (TPSA) is 53.2 Å². The Labute approximate surface area is 89.8 Å². The zero-order valence-electron chi connectivity index (χ0n) is 8.91. The molecule has 1 saturated heterocycles. The van der Waals surface area contributed by atoms with E-state index in [1.54, 1.807) is 6.20 Å². The van der Waals surface area contributed by atoms with Gasteiger partial charge in [0, 0.05) is 38.6 Å². The summed E-state index contributed by atoms with van der Waals surface area (Å²) in [5.41, 5.74) is 0. The molecule has 1 fully saturated rings. The van der Waals surface area contributed by atoms with Crippen LogP contribution >= 0.6 is 0 Å². The molecule has 0 atom stereocenters. The predicted molar refractivity (Wildman–Crippen MR) is 57.6 cm³/mol. The maximum atomic E-state index is 5.29. The third-order valence-electron chi connectivity index (χ3n) is 2.56. The van der Waals surface area contributed by atoms with Crippen LogP contribution in [0.15, 0.2) is 12.4 Å². The van der Waals surface area contributed by atoms with Gasteiger partial charge < -0.3 is 15.0 Å². The minimum atomic E-state index is 0.817. The number of aromatic nitrogens is 2. The minimum absolute atomic E-state index is 0.817. The van der Waals surface area contributed by atoms with Gasteiger partial charge >= 0.3 is 0 Å². The first-order valence-corrected chi connectivity index (χ1v) is 5.44. The molecule has 1 aromatic heterocycles. The van der Waals surface area contributed by atoms with E-state index >= 15 is 0 Å². The molecule has 0 aliphatic carbocycles. The number of aromatic amines is 1. The van der Waals surface area contributed by atoms with Gasteiger partial charge in [0.05, 0.1) is 19.8 Å². The molecule has 1 aromatic rings. The molecule has 2 heterocycles. The normalized spacial score (nSPS) is 18.1. The maximum Gasteiger partial charge on any atom is 0.120 e. The SMILES string of the molecule is c1c[nH]c(CNCCN2CCOCC2)n1. The van der Waals surface area contributed by atoms with E-state index in [2.05, 4.69) is 20.2 Å². The van der Waals surface area contributed by atoms with Gasteiger partial charge in [-0.05, 0) is 0 Å². The van der Waals surface area contributed by atoms with Crippen LogP contribution in [0.25, 0.3) is 0 Å². The molecular formula is C10H18N4O. The summed E-state index contributed by atoms with van der Waals surface area (Å²) < 4.78 is 5.29. The Hall–Kier alpha value is -0.910. The van der Waals surface area contributed by atoms with E-state index in [1.165, 1.54) is 0 Å². The van der Waals surface area contributed by atoms with Gasteiger partial charge in [-0.2, -0.15) is 0 Å². The highest BCUT2D eigenvalue weighted by Crippen LogP contribution is 1.95. The summed E-state index contributed by atoms with van der Waals surface area (Å²) in [5, 5.41) is 3.36. The maximum absolute atomic E-state index is 5.29. The van der Waals surface area contributed by atoms with Gasteiger partial charge in [0.25, 0.3) is 0 Å². The number of rotatable bonds is 5. The van der Waals surface area contributed by atoms with Crippen LogP contribution in [0.3, 0.4) is 0 Å². The number of ether oxygens (including phenoxy) is 1. The molecular weight excluding hydrogens is 192 g/mol. The Bertz CT molecular complexity index is 256. The molecule has 15 heavy (non-hydrogen) atoms. The second kappa shape index (κ2) is 5.85. The van der Waals surface area contributed by atoms with E-state index in [9.17, 15) is 0 Å². The lowest BCUT2D eigenvalue weighted by Crippen LogP contribution is -2.40. The average molecular weight is 210 g/mol. The Morgan fingerprint density at radius 3 is 3.07 bits per heavy atom. The summed E-state index contributed by atoms with van der Waals surface area (Å²) in [5.74, 6) is 0.997. The summed E-state index contributed by atoms with van der Waals surface area (Å²) in [7, 11) is 0. The number of nitrogens with zero attached hydrogens (tertiary/aromatic N) is 2. The molecule has 1 aliphatic heterocycles. The molecule has 0 aromatic carbocycles. The van der Waals surface area contributed by atoms with Crippen molar-refractivity contribution < 1.29 is 4.74 Å². The molecule has 0 amide bonds. The monoisotopic (exact) mass is 210 g/mol. The van der Waals surface area contributed by atoms with Crippen LogP contribution in [-0.2, 0) is 11.3 Å². The standard InChI is InChI=1S/C10H18N4O/c1-2-13-10(12-1)9-11-3-4-14-5-7-15-8-6-14/h1-2,11H,3-9H2,(H,12,13). The van der Waals surface area contributed by atoms with Crippen LogP contribution in [0.1, 0.15) is 5.82 Å². The van der Waals surface area contributed by atoms with E-state index in [0.717, 1.165) is 51.8 Å². The van der Waals surface area contributed by atoms with Crippen LogP contribution in [0.4, 0.5) is 0 Å². The zero-order valence-corrected chi connectivity index (χ0v) is 8.91. The Kier molecular flexibility index (Phi) is 4.13. The van der Waals surface area contributed by atoms with Crippen molar-refractivity contribution in [3.8, 4) is 0 Å². The third kappa shape index (κ3) is 3.62. The molecule has 1 aliphatic rings. The van der Waals surface area contributed by atoms with Gasteiger partial charge in [0.2, 0.25) is 0 Å². The second-order valence-electron chi connectivity index (χ2n) is 3.67. The average Bonchev–Trinajstić information content (AvgIpc) is 2.79. The molecule has 5 heteroatoms. The zero-order chi connectivity index (χ0) is 10.3. The van der Waals surface area contributed by atoms with Crippen molar-refractivity contribution in [2.24, 2.45) is 0 Å². The van der Waals surface area contributed by atoms with Crippen molar-refractivity contribution >= 4 is 0 Å². The summed E-state index contributed by atoms with van der Waals surface area (Å²) >= 11 is 0. The van der Waals surface area contributed by atoms with Gasteiger partial charge in [-0.3, -0.25) is 4.90 Å². The van der Waals surface area contributed by atoms with Gasteiger partial charge in [0.1, 0.15) is 5.82 Å². The Morgan fingerprint density at radius 1 is 1.47 bits per heavy atom. The van der Waals surface area contributed by atoms with Gasteiger partial charge in [-0.15, -0.1) is 0 Å². The summed E-state index contributed by atoms with van der Waals surface area (Å²) in [6, 6.07) is 0. The number of H-pyrrole nitrogens is 1. The molecule has 0 unspecified atom stereocenters. The van der Waals surface area contributed by atoms with Crippen LogP contribution in [0, 0.1) is 0 Å². The van der Waals surface area contributed by atoms with Crippen molar-refractivity contribution in [1.82, 2.24) is 20.2 Å². The number of morpholine rings is 1. The molecule has 84 valence electrons. The van der Waals surface area contributed by atoms with Gasteiger partial charge in [-0.25, -0.2) is 4.98 Å². The highest BCUT2D eigenvalue weighted by molar-refractivity contribution is 4.85. The Morgan fingerprint density at radius 2 is 2.33 bits per heavy atom. The van der Waals surface area contributed by atoms with E-state index in [0.29, 0.717) is 0 Å². The van der Waals surface area contributed by atoms with Crippen LogP contribution < -0.4 is 5.32 Å². The van der Waals surface area contributed by atoms with E-state index in [-0.39, 0.29) is 0 Å². The molecule has 5 nitrogen and oxygen atoms in total. The van der Waals surface area contributed by atoms with E-state index in [4.69, 9.17) is 4.74 Å². The first-order valence-electron chi connectivity index (χ1n) is 5.44. The second-order valence-corrected chi connectivity index (χ2v) is 3.67. The van der Waals surface area contributed by atoms with Crippen molar-refractivity contribution in [2.75, 3.05) is 39.4 Å². The largest absolute Gasteiger partial charge is 0.379 e. The molecule has 2 N–H and O–H groups in total. The highest BCUT2D eigenvalue weighted by Gasteiger charge is 2.08. The van der Waals surface area contributed by atoms with Gasteiger partial charge in [-0.1, -0.05) is 0 Å². The molecule has 0 spiro atoms. The summed E-state index contributed by atoms with van der Waals surface area (Å²) in [6.07, 6.45) is 3.62. The highest BCUT2D eigenvalue weighted by atomic mass is 16.5. The summed E-state index contributed by atoms with van der Waals surface area (Å²) in [6.45, 7) is 6.77. The minimum Gasteiger partial charge on any atom is -0.379 e. The van der Waals surface area contributed by atoms with Crippen LogP contribution in [-0.4, -0.2) is 54.3 Å².